The number of hydrogen-bond acceptors (Lipinski definition) is 2. The average molecular weight is 240 g/mol. The molecule has 1 atom stereocenters. The molecule has 2 aliphatic rings. The van der Waals surface area contributed by atoms with E-state index in [1.54, 1.807) is 0 Å². The fourth-order valence-corrected chi connectivity index (χ4v) is 2.75. The minimum Gasteiger partial charge on any atom is -0.379 e. The highest BCUT2D eigenvalue weighted by Crippen LogP contribution is 2.25. The molecule has 0 aromatic heterocycles. The second kappa shape index (κ2) is 6.84. The lowest BCUT2D eigenvalue weighted by molar-refractivity contribution is 0.188. The first-order chi connectivity index (χ1) is 8.34. The van der Waals surface area contributed by atoms with E-state index < -0.39 is 0 Å². The van der Waals surface area contributed by atoms with Gasteiger partial charge in [-0.15, -0.1) is 0 Å². The Labute approximate surface area is 103 Å². The van der Waals surface area contributed by atoms with Crippen molar-refractivity contribution in [1.29, 1.82) is 0 Å². The van der Waals surface area contributed by atoms with Crippen LogP contribution in [0.1, 0.15) is 44.9 Å². The third kappa shape index (κ3) is 4.54. The van der Waals surface area contributed by atoms with Crippen molar-refractivity contribution in [2.75, 3.05) is 19.8 Å². The Bertz CT molecular complexity index is 234. The summed E-state index contributed by atoms with van der Waals surface area (Å²) in [5.41, 5.74) is 0. The zero-order chi connectivity index (χ0) is 11.9. The van der Waals surface area contributed by atoms with E-state index in [-0.39, 0.29) is 12.1 Å². The minimum absolute atomic E-state index is 0.0312. The number of carbonyl (C=O) groups is 1. The summed E-state index contributed by atoms with van der Waals surface area (Å²) < 4.78 is 5.22. The van der Waals surface area contributed by atoms with Crippen LogP contribution in [-0.4, -0.2) is 31.8 Å². The van der Waals surface area contributed by atoms with Crippen LogP contribution in [0.15, 0.2) is 0 Å². The molecule has 1 aliphatic carbocycles. The Balaban J connectivity index is 1.53. The minimum atomic E-state index is -0.0312. The number of urea groups is 1. The molecule has 4 heteroatoms. The monoisotopic (exact) mass is 240 g/mol. The molecule has 0 aromatic carbocycles. The normalized spacial score (nSPS) is 25.8. The first-order valence-corrected chi connectivity index (χ1v) is 6.96. The molecular formula is C13H24N2O2. The Morgan fingerprint density at radius 3 is 2.71 bits per heavy atom. The van der Waals surface area contributed by atoms with Crippen molar-refractivity contribution < 1.29 is 9.53 Å². The Kier molecular flexibility index (Phi) is 5.10. The standard InChI is InChI=1S/C13H24N2O2/c16-13(15-12-7-9-17-10-12)14-8-6-11-4-2-1-3-5-11/h11-12H,1-10H2,(H2,14,15,16). The smallest absolute Gasteiger partial charge is 0.315 e. The van der Waals surface area contributed by atoms with Crippen molar-refractivity contribution in [3.8, 4) is 0 Å². The molecule has 1 saturated carbocycles. The summed E-state index contributed by atoms with van der Waals surface area (Å²) >= 11 is 0. The van der Waals surface area contributed by atoms with E-state index in [1.165, 1.54) is 32.1 Å². The quantitative estimate of drug-likeness (QED) is 0.790. The van der Waals surface area contributed by atoms with Gasteiger partial charge in [-0.3, -0.25) is 0 Å². The van der Waals surface area contributed by atoms with Crippen LogP contribution in [0, 0.1) is 5.92 Å². The summed E-state index contributed by atoms with van der Waals surface area (Å²) in [5, 5.41) is 5.89. The molecule has 1 unspecified atom stereocenters. The molecule has 98 valence electrons. The predicted octanol–water partition coefficient (Wildman–Crippen LogP) is 2.04. The van der Waals surface area contributed by atoms with Gasteiger partial charge in [0.2, 0.25) is 0 Å². The fourth-order valence-electron chi connectivity index (χ4n) is 2.75. The van der Waals surface area contributed by atoms with Crippen LogP contribution < -0.4 is 10.6 Å². The topological polar surface area (TPSA) is 50.4 Å². The van der Waals surface area contributed by atoms with Gasteiger partial charge >= 0.3 is 6.03 Å². The molecule has 0 bridgehead atoms. The molecule has 2 amide bonds. The number of nitrogens with one attached hydrogen (secondary N) is 2. The van der Waals surface area contributed by atoms with Crippen molar-refractivity contribution in [2.24, 2.45) is 5.92 Å². The Morgan fingerprint density at radius 2 is 2.00 bits per heavy atom. The predicted molar refractivity (Wildman–Crippen MR) is 67.0 cm³/mol. The molecular weight excluding hydrogens is 216 g/mol. The van der Waals surface area contributed by atoms with Gasteiger partial charge in [0.15, 0.2) is 0 Å². The molecule has 0 spiro atoms. The lowest BCUT2D eigenvalue weighted by atomic mass is 9.87. The second-order valence-electron chi connectivity index (χ2n) is 5.25. The summed E-state index contributed by atoms with van der Waals surface area (Å²) in [6.07, 6.45) is 8.91. The van der Waals surface area contributed by atoms with Crippen molar-refractivity contribution in [3.63, 3.8) is 0 Å². The summed E-state index contributed by atoms with van der Waals surface area (Å²) in [7, 11) is 0. The van der Waals surface area contributed by atoms with Crippen LogP contribution in [0.4, 0.5) is 4.79 Å². The summed E-state index contributed by atoms with van der Waals surface area (Å²) in [4.78, 5) is 11.6. The number of amides is 2. The van der Waals surface area contributed by atoms with Gasteiger partial charge in [0.1, 0.15) is 0 Å². The molecule has 2 N–H and O–H groups in total. The van der Waals surface area contributed by atoms with Gasteiger partial charge in [0.25, 0.3) is 0 Å². The molecule has 1 aliphatic heterocycles. The second-order valence-corrected chi connectivity index (χ2v) is 5.25. The first kappa shape index (κ1) is 12.7. The van der Waals surface area contributed by atoms with Crippen molar-refractivity contribution in [2.45, 2.75) is 51.0 Å². The maximum absolute atomic E-state index is 11.6. The van der Waals surface area contributed by atoms with E-state index in [1.807, 2.05) is 0 Å². The van der Waals surface area contributed by atoms with Gasteiger partial charge in [-0.05, 0) is 18.8 Å². The zero-order valence-corrected chi connectivity index (χ0v) is 10.5. The summed E-state index contributed by atoms with van der Waals surface area (Å²) in [6, 6.07) is 0.181. The average Bonchev–Trinajstić information content (AvgIpc) is 2.83. The van der Waals surface area contributed by atoms with E-state index in [0.29, 0.717) is 6.61 Å². The van der Waals surface area contributed by atoms with Crippen LogP contribution in [0.3, 0.4) is 0 Å². The number of hydrogen-bond donors (Lipinski definition) is 2. The van der Waals surface area contributed by atoms with Crippen molar-refractivity contribution in [1.82, 2.24) is 10.6 Å². The molecule has 2 rings (SSSR count). The van der Waals surface area contributed by atoms with E-state index in [4.69, 9.17) is 4.74 Å². The largest absolute Gasteiger partial charge is 0.379 e. The number of ether oxygens (including phenoxy) is 1. The molecule has 1 heterocycles. The van der Waals surface area contributed by atoms with Crippen LogP contribution in [0.5, 0.6) is 0 Å². The number of rotatable bonds is 4. The molecule has 0 radical (unpaired) electrons. The molecule has 4 nitrogen and oxygen atoms in total. The lowest BCUT2D eigenvalue weighted by Crippen LogP contribution is -2.42. The van der Waals surface area contributed by atoms with E-state index in [2.05, 4.69) is 10.6 Å². The third-order valence-electron chi connectivity index (χ3n) is 3.83. The Hall–Kier alpha value is -0.770. The van der Waals surface area contributed by atoms with E-state index in [9.17, 15) is 4.79 Å². The summed E-state index contributed by atoms with van der Waals surface area (Å²) in [6.45, 7) is 2.24. The molecule has 1 saturated heterocycles. The summed E-state index contributed by atoms with van der Waals surface area (Å²) in [5.74, 6) is 0.832. The third-order valence-corrected chi connectivity index (χ3v) is 3.83. The van der Waals surface area contributed by atoms with E-state index >= 15 is 0 Å². The van der Waals surface area contributed by atoms with Crippen LogP contribution in [0.25, 0.3) is 0 Å². The van der Waals surface area contributed by atoms with Gasteiger partial charge in [0, 0.05) is 13.2 Å². The highest BCUT2D eigenvalue weighted by atomic mass is 16.5. The van der Waals surface area contributed by atoms with E-state index in [0.717, 1.165) is 31.9 Å². The highest BCUT2D eigenvalue weighted by molar-refractivity contribution is 5.74. The zero-order valence-electron chi connectivity index (χ0n) is 10.5. The van der Waals surface area contributed by atoms with Gasteiger partial charge in [-0.25, -0.2) is 4.79 Å². The van der Waals surface area contributed by atoms with Crippen LogP contribution >= 0.6 is 0 Å². The highest BCUT2D eigenvalue weighted by Gasteiger charge is 2.18. The molecule has 0 aromatic rings. The molecule has 17 heavy (non-hydrogen) atoms. The van der Waals surface area contributed by atoms with Crippen LogP contribution in [0.2, 0.25) is 0 Å². The van der Waals surface area contributed by atoms with Crippen LogP contribution in [-0.2, 0) is 4.74 Å². The van der Waals surface area contributed by atoms with Gasteiger partial charge in [-0.1, -0.05) is 32.1 Å². The maximum atomic E-state index is 11.6. The fraction of sp³-hybridized carbons (Fsp3) is 0.923. The lowest BCUT2D eigenvalue weighted by Gasteiger charge is -2.21. The van der Waals surface area contributed by atoms with Crippen molar-refractivity contribution in [3.05, 3.63) is 0 Å². The first-order valence-electron chi connectivity index (χ1n) is 6.96. The maximum Gasteiger partial charge on any atom is 0.315 e. The van der Waals surface area contributed by atoms with Gasteiger partial charge < -0.3 is 15.4 Å². The number of carbonyl (C=O) groups excluding carboxylic acids is 1. The van der Waals surface area contributed by atoms with Gasteiger partial charge in [0.05, 0.1) is 12.6 Å². The van der Waals surface area contributed by atoms with Gasteiger partial charge in [-0.2, -0.15) is 0 Å². The SMILES string of the molecule is O=C(NCCC1CCCCC1)NC1CCOC1. The van der Waals surface area contributed by atoms with Crippen molar-refractivity contribution >= 4 is 6.03 Å². The Morgan fingerprint density at radius 1 is 1.18 bits per heavy atom. The molecule has 2 fully saturated rings.